The molecule has 4 rings (SSSR count). The minimum atomic E-state index is 0.572. The molecule has 0 saturated heterocycles. The van der Waals surface area contributed by atoms with Gasteiger partial charge in [-0.2, -0.15) is 0 Å². The van der Waals surface area contributed by atoms with Gasteiger partial charge in [-0.1, -0.05) is 37.5 Å². The highest BCUT2D eigenvalue weighted by Crippen LogP contribution is 2.33. The molecule has 1 aromatic carbocycles. The lowest BCUT2D eigenvalue weighted by Gasteiger charge is -2.24. The number of anilines is 3. The number of benzene rings is 1. The maximum absolute atomic E-state index is 4.49. The number of fused-ring (bicyclic) bond motifs is 1. The van der Waals surface area contributed by atoms with Crippen LogP contribution in [0.15, 0.2) is 36.7 Å². The van der Waals surface area contributed by atoms with Gasteiger partial charge in [0.05, 0.1) is 0 Å². The summed E-state index contributed by atoms with van der Waals surface area (Å²) in [6, 6.07) is 11.3. The number of nitrogens with one attached hydrogen (secondary N) is 1. The van der Waals surface area contributed by atoms with Crippen molar-refractivity contribution in [2.75, 3.05) is 16.8 Å². The van der Waals surface area contributed by atoms with Gasteiger partial charge in [0.25, 0.3) is 0 Å². The van der Waals surface area contributed by atoms with Crippen molar-refractivity contribution in [1.82, 2.24) is 9.97 Å². The van der Waals surface area contributed by atoms with E-state index in [1.54, 1.807) is 6.33 Å². The Kier molecular flexibility index (Phi) is 3.67. The molecule has 1 fully saturated rings. The highest BCUT2D eigenvalue weighted by molar-refractivity contribution is 5.68. The summed E-state index contributed by atoms with van der Waals surface area (Å²) in [5, 5.41) is 3.59. The van der Waals surface area contributed by atoms with Gasteiger partial charge >= 0.3 is 0 Å². The molecular weight excluding hydrogens is 272 g/mol. The number of rotatable bonds is 3. The summed E-state index contributed by atoms with van der Waals surface area (Å²) in [6.07, 6.45) is 9.31. The van der Waals surface area contributed by atoms with E-state index in [-0.39, 0.29) is 0 Å². The van der Waals surface area contributed by atoms with E-state index in [2.05, 4.69) is 50.5 Å². The lowest BCUT2D eigenvalue weighted by molar-refractivity contribution is 0.462. The lowest BCUT2D eigenvalue weighted by atomic mass is 9.95. The second-order valence-corrected chi connectivity index (χ2v) is 6.27. The highest BCUT2D eigenvalue weighted by Gasteiger charge is 2.21. The van der Waals surface area contributed by atoms with E-state index < -0.39 is 0 Å². The molecule has 114 valence electrons. The molecule has 0 radical (unpaired) electrons. The van der Waals surface area contributed by atoms with Crippen LogP contribution in [0.4, 0.5) is 17.3 Å². The fourth-order valence-corrected chi connectivity index (χ4v) is 3.61. The molecule has 0 bridgehead atoms. The number of nitrogens with zero attached hydrogens (tertiary/aromatic N) is 3. The number of hydrogen-bond donors (Lipinski definition) is 1. The van der Waals surface area contributed by atoms with Gasteiger partial charge in [0, 0.05) is 24.3 Å². The number of para-hydroxylation sites is 1. The van der Waals surface area contributed by atoms with Crippen LogP contribution in [0.2, 0.25) is 0 Å². The van der Waals surface area contributed by atoms with Gasteiger partial charge in [0.15, 0.2) is 0 Å². The highest BCUT2D eigenvalue weighted by atomic mass is 15.2. The standard InChI is InChI=1S/C18H22N4/c1-2-7-15(8-3-1)21-17-12-18(20-13-19-17)22-11-10-14-6-4-5-9-16(14)22/h4-6,9,12-13,15H,1-3,7-8,10-11H2,(H,19,20,21). The van der Waals surface area contributed by atoms with E-state index in [4.69, 9.17) is 0 Å². The zero-order valence-corrected chi connectivity index (χ0v) is 12.8. The molecule has 1 aromatic heterocycles. The first kappa shape index (κ1) is 13.6. The summed E-state index contributed by atoms with van der Waals surface area (Å²) in [5.41, 5.74) is 2.69. The first-order chi connectivity index (χ1) is 10.9. The van der Waals surface area contributed by atoms with Crippen molar-refractivity contribution in [2.45, 2.75) is 44.6 Å². The van der Waals surface area contributed by atoms with Crippen molar-refractivity contribution in [1.29, 1.82) is 0 Å². The molecule has 2 heterocycles. The minimum Gasteiger partial charge on any atom is -0.367 e. The third-order valence-corrected chi connectivity index (χ3v) is 4.77. The van der Waals surface area contributed by atoms with Gasteiger partial charge in [-0.25, -0.2) is 9.97 Å². The van der Waals surface area contributed by atoms with E-state index in [0.29, 0.717) is 6.04 Å². The molecule has 0 atom stereocenters. The summed E-state index contributed by atoms with van der Waals surface area (Å²) in [5.74, 6) is 1.96. The number of aromatic nitrogens is 2. The molecule has 0 amide bonds. The molecule has 0 unspecified atom stereocenters. The summed E-state index contributed by atoms with van der Waals surface area (Å²) in [7, 11) is 0. The monoisotopic (exact) mass is 294 g/mol. The van der Waals surface area contributed by atoms with Crippen LogP contribution in [0.1, 0.15) is 37.7 Å². The fraction of sp³-hybridized carbons (Fsp3) is 0.444. The molecule has 1 saturated carbocycles. The third-order valence-electron chi connectivity index (χ3n) is 4.77. The molecule has 2 aromatic rings. The SMILES string of the molecule is c1ccc2c(c1)CCN2c1cc(NC2CCCCC2)ncn1. The first-order valence-corrected chi connectivity index (χ1v) is 8.34. The third kappa shape index (κ3) is 2.65. The average Bonchev–Trinajstić information content (AvgIpc) is 3.00. The Hall–Kier alpha value is -2.10. The van der Waals surface area contributed by atoms with Gasteiger partial charge in [-0.15, -0.1) is 0 Å². The summed E-state index contributed by atoms with van der Waals surface area (Å²) >= 11 is 0. The van der Waals surface area contributed by atoms with E-state index in [1.807, 2.05) is 0 Å². The average molecular weight is 294 g/mol. The molecular formula is C18H22N4. The van der Waals surface area contributed by atoms with E-state index in [1.165, 1.54) is 43.4 Å². The van der Waals surface area contributed by atoms with E-state index in [0.717, 1.165) is 24.6 Å². The van der Waals surface area contributed by atoms with Crippen molar-refractivity contribution in [3.05, 3.63) is 42.2 Å². The molecule has 1 aliphatic carbocycles. The Balaban J connectivity index is 1.55. The topological polar surface area (TPSA) is 41.0 Å². The van der Waals surface area contributed by atoms with Crippen LogP contribution in [-0.2, 0) is 6.42 Å². The Morgan fingerprint density at radius 3 is 2.82 bits per heavy atom. The lowest BCUT2D eigenvalue weighted by Crippen LogP contribution is -2.23. The van der Waals surface area contributed by atoms with Crippen LogP contribution < -0.4 is 10.2 Å². The molecule has 1 N–H and O–H groups in total. The van der Waals surface area contributed by atoms with E-state index in [9.17, 15) is 0 Å². The molecule has 4 heteroatoms. The Labute approximate surface area is 131 Å². The maximum atomic E-state index is 4.49. The molecule has 0 spiro atoms. The van der Waals surface area contributed by atoms with Gasteiger partial charge in [-0.3, -0.25) is 0 Å². The van der Waals surface area contributed by atoms with Crippen molar-refractivity contribution in [3.8, 4) is 0 Å². The Morgan fingerprint density at radius 1 is 1.05 bits per heavy atom. The van der Waals surface area contributed by atoms with E-state index >= 15 is 0 Å². The van der Waals surface area contributed by atoms with Crippen LogP contribution >= 0.6 is 0 Å². The largest absolute Gasteiger partial charge is 0.367 e. The predicted octanol–water partition coefficient (Wildman–Crippen LogP) is 3.92. The molecule has 4 nitrogen and oxygen atoms in total. The van der Waals surface area contributed by atoms with Crippen molar-refractivity contribution < 1.29 is 0 Å². The number of hydrogen-bond acceptors (Lipinski definition) is 4. The maximum Gasteiger partial charge on any atom is 0.138 e. The summed E-state index contributed by atoms with van der Waals surface area (Å²) < 4.78 is 0. The molecule has 2 aliphatic rings. The van der Waals surface area contributed by atoms with Crippen molar-refractivity contribution >= 4 is 17.3 Å². The normalized spacial score (nSPS) is 18.3. The van der Waals surface area contributed by atoms with Gasteiger partial charge in [0.2, 0.25) is 0 Å². The van der Waals surface area contributed by atoms with Crippen LogP contribution in [0.25, 0.3) is 0 Å². The second-order valence-electron chi connectivity index (χ2n) is 6.27. The van der Waals surface area contributed by atoms with Crippen molar-refractivity contribution in [3.63, 3.8) is 0 Å². The minimum absolute atomic E-state index is 0.572. The molecule has 22 heavy (non-hydrogen) atoms. The summed E-state index contributed by atoms with van der Waals surface area (Å²) in [6.45, 7) is 0.999. The van der Waals surface area contributed by atoms with Crippen molar-refractivity contribution in [2.24, 2.45) is 0 Å². The Bertz CT molecular complexity index is 649. The molecule has 1 aliphatic heterocycles. The Morgan fingerprint density at radius 2 is 1.91 bits per heavy atom. The predicted molar refractivity (Wildman–Crippen MR) is 89.7 cm³/mol. The quantitative estimate of drug-likeness (QED) is 0.931. The fourth-order valence-electron chi connectivity index (χ4n) is 3.61. The van der Waals surface area contributed by atoms with Crippen LogP contribution in [0.5, 0.6) is 0 Å². The van der Waals surface area contributed by atoms with Gasteiger partial charge in [0.1, 0.15) is 18.0 Å². The van der Waals surface area contributed by atoms with Gasteiger partial charge < -0.3 is 10.2 Å². The van der Waals surface area contributed by atoms with Gasteiger partial charge in [-0.05, 0) is 30.9 Å². The second kappa shape index (κ2) is 5.95. The zero-order valence-electron chi connectivity index (χ0n) is 12.8. The van der Waals surface area contributed by atoms with Crippen LogP contribution in [-0.4, -0.2) is 22.6 Å². The summed E-state index contributed by atoms with van der Waals surface area (Å²) in [4.78, 5) is 11.2. The smallest absolute Gasteiger partial charge is 0.138 e. The first-order valence-electron chi connectivity index (χ1n) is 8.34. The van der Waals surface area contributed by atoms with Crippen LogP contribution in [0.3, 0.4) is 0 Å². The van der Waals surface area contributed by atoms with Crippen LogP contribution in [0, 0.1) is 0 Å². The zero-order chi connectivity index (χ0) is 14.8.